The van der Waals surface area contributed by atoms with Gasteiger partial charge in [0, 0.05) is 12.8 Å². The molecule has 0 radical (unpaired) electrons. The average Bonchev–Trinajstić information content (AvgIpc) is 2.23. The number of esters is 1. The zero-order chi connectivity index (χ0) is 13.5. The lowest BCUT2D eigenvalue weighted by molar-refractivity contribution is -0.146. The van der Waals surface area contributed by atoms with Crippen LogP contribution < -0.4 is 0 Å². The van der Waals surface area contributed by atoms with Crippen molar-refractivity contribution >= 4 is 17.7 Å². The van der Waals surface area contributed by atoms with E-state index in [4.69, 9.17) is 4.74 Å². The molecule has 0 amide bonds. The van der Waals surface area contributed by atoms with Crippen LogP contribution in [0.15, 0.2) is 0 Å². The normalized spacial score (nSPS) is 13.8. The third kappa shape index (κ3) is 8.41. The fraction of sp³-hybridized carbons (Fsp3) is 0.917. The number of alkyl halides is 2. The van der Waals surface area contributed by atoms with E-state index < -0.39 is 5.92 Å². The van der Waals surface area contributed by atoms with Gasteiger partial charge in [-0.25, -0.2) is 8.78 Å². The van der Waals surface area contributed by atoms with E-state index in [1.54, 1.807) is 20.8 Å². The second-order valence-electron chi connectivity index (χ2n) is 4.31. The van der Waals surface area contributed by atoms with Crippen LogP contribution >= 0.6 is 11.8 Å². The van der Waals surface area contributed by atoms with Gasteiger partial charge in [0.05, 0.1) is 11.4 Å². The lowest BCUT2D eigenvalue weighted by Crippen LogP contribution is -2.21. The molecule has 102 valence electrons. The summed E-state index contributed by atoms with van der Waals surface area (Å²) in [6.07, 6.45) is 0.0607. The van der Waals surface area contributed by atoms with Crippen LogP contribution in [0.5, 0.6) is 0 Å². The summed E-state index contributed by atoms with van der Waals surface area (Å²) in [5.74, 6) is -2.28. The van der Waals surface area contributed by atoms with Gasteiger partial charge in [-0.3, -0.25) is 4.79 Å². The highest BCUT2D eigenvalue weighted by Crippen LogP contribution is 2.25. The molecule has 1 unspecified atom stereocenters. The Morgan fingerprint density at radius 2 is 1.94 bits per heavy atom. The predicted molar refractivity (Wildman–Crippen MR) is 67.6 cm³/mol. The molecule has 0 aromatic carbocycles. The predicted octanol–water partition coefficient (Wildman–Crippen LogP) is 3.89. The Morgan fingerprint density at radius 1 is 1.35 bits per heavy atom. The lowest BCUT2D eigenvalue weighted by atomic mass is 10.1. The van der Waals surface area contributed by atoms with Gasteiger partial charge >= 0.3 is 5.97 Å². The summed E-state index contributed by atoms with van der Waals surface area (Å²) in [6, 6.07) is 0. The van der Waals surface area contributed by atoms with Gasteiger partial charge in [0.15, 0.2) is 0 Å². The van der Waals surface area contributed by atoms with Gasteiger partial charge in [0.2, 0.25) is 5.92 Å². The summed E-state index contributed by atoms with van der Waals surface area (Å²) >= 11 is 1.37. The first kappa shape index (κ1) is 16.7. The van der Waals surface area contributed by atoms with Crippen molar-refractivity contribution in [2.45, 2.75) is 64.2 Å². The molecule has 0 heterocycles. The molecule has 5 heteroatoms. The molecule has 0 aliphatic heterocycles. The molecule has 0 bridgehead atoms. The zero-order valence-corrected chi connectivity index (χ0v) is 11.8. The van der Waals surface area contributed by atoms with Gasteiger partial charge in [-0.15, -0.1) is 11.8 Å². The molecule has 0 aromatic heterocycles. The Balaban J connectivity index is 3.71. The van der Waals surface area contributed by atoms with Crippen LogP contribution in [0.3, 0.4) is 0 Å². The summed E-state index contributed by atoms with van der Waals surface area (Å²) in [4.78, 5) is 11.4. The van der Waals surface area contributed by atoms with E-state index in [1.807, 2.05) is 0 Å². The number of hydrogen-bond donors (Lipinski definition) is 0. The lowest BCUT2D eigenvalue weighted by Gasteiger charge is -2.15. The number of carbonyl (C=O) groups is 1. The van der Waals surface area contributed by atoms with Gasteiger partial charge in [-0.05, 0) is 32.9 Å². The smallest absolute Gasteiger partial charge is 0.319 e. The molecule has 0 spiro atoms. The van der Waals surface area contributed by atoms with E-state index in [9.17, 15) is 13.6 Å². The number of rotatable bonds is 8. The highest BCUT2D eigenvalue weighted by Gasteiger charge is 2.25. The van der Waals surface area contributed by atoms with Crippen molar-refractivity contribution in [3.63, 3.8) is 0 Å². The van der Waals surface area contributed by atoms with E-state index in [0.717, 1.165) is 0 Å². The monoisotopic (exact) mass is 268 g/mol. The Morgan fingerprint density at radius 3 is 2.41 bits per heavy atom. The molecule has 0 saturated heterocycles. The maximum absolute atomic E-state index is 12.9. The third-order valence-corrected chi connectivity index (χ3v) is 3.47. The van der Waals surface area contributed by atoms with Crippen LogP contribution in [0, 0.1) is 0 Å². The van der Waals surface area contributed by atoms with Crippen LogP contribution in [0.25, 0.3) is 0 Å². The van der Waals surface area contributed by atoms with Crippen LogP contribution in [0.1, 0.15) is 47.0 Å². The van der Waals surface area contributed by atoms with E-state index in [1.165, 1.54) is 18.7 Å². The maximum atomic E-state index is 12.9. The van der Waals surface area contributed by atoms with Gasteiger partial charge in [0.1, 0.15) is 0 Å². The van der Waals surface area contributed by atoms with Crippen LogP contribution in [-0.4, -0.2) is 29.0 Å². The summed E-state index contributed by atoms with van der Waals surface area (Å²) in [5, 5.41) is -0.285. The molecule has 1 atom stereocenters. The highest BCUT2D eigenvalue weighted by molar-refractivity contribution is 8.00. The quantitative estimate of drug-likeness (QED) is 0.493. The first-order valence-corrected chi connectivity index (χ1v) is 7.03. The number of ether oxygens (including phenoxy) is 1. The number of halogens is 2. The molecule has 0 N–H and O–H groups in total. The molecular weight excluding hydrogens is 246 g/mol. The first-order valence-electron chi connectivity index (χ1n) is 5.98. The minimum absolute atomic E-state index is 0.109. The van der Waals surface area contributed by atoms with Crippen molar-refractivity contribution in [2.24, 2.45) is 0 Å². The summed E-state index contributed by atoms with van der Waals surface area (Å²) in [6.45, 7) is 6.80. The Bertz CT molecular complexity index is 233. The van der Waals surface area contributed by atoms with Crippen molar-refractivity contribution in [1.82, 2.24) is 0 Å². The van der Waals surface area contributed by atoms with E-state index in [-0.39, 0.29) is 30.2 Å². The van der Waals surface area contributed by atoms with Crippen LogP contribution in [0.2, 0.25) is 0 Å². The van der Waals surface area contributed by atoms with Crippen molar-refractivity contribution in [2.75, 3.05) is 5.75 Å². The Hall–Kier alpha value is -0.320. The molecule has 0 aromatic rings. The van der Waals surface area contributed by atoms with E-state index in [0.29, 0.717) is 12.2 Å². The zero-order valence-electron chi connectivity index (χ0n) is 11.0. The van der Waals surface area contributed by atoms with Gasteiger partial charge < -0.3 is 4.74 Å². The fourth-order valence-corrected chi connectivity index (χ4v) is 2.02. The summed E-state index contributed by atoms with van der Waals surface area (Å²) in [7, 11) is 0. The SMILES string of the molecule is CCC(F)(F)CCCSC(C)C(=O)OC(C)C. The van der Waals surface area contributed by atoms with Crippen molar-refractivity contribution in [1.29, 1.82) is 0 Å². The number of carbonyl (C=O) groups excluding carboxylic acids is 1. The summed E-state index contributed by atoms with van der Waals surface area (Å²) < 4.78 is 30.8. The number of hydrogen-bond acceptors (Lipinski definition) is 3. The van der Waals surface area contributed by atoms with E-state index >= 15 is 0 Å². The molecule has 0 saturated carbocycles. The number of thioether (sulfide) groups is 1. The van der Waals surface area contributed by atoms with Crippen molar-refractivity contribution < 1.29 is 18.3 Å². The molecule has 17 heavy (non-hydrogen) atoms. The molecule has 2 nitrogen and oxygen atoms in total. The third-order valence-electron chi connectivity index (χ3n) is 2.26. The Labute approximate surface area is 106 Å². The molecule has 0 rings (SSSR count). The fourth-order valence-electron chi connectivity index (χ4n) is 1.16. The van der Waals surface area contributed by atoms with Crippen molar-refractivity contribution in [3.05, 3.63) is 0 Å². The second-order valence-corrected chi connectivity index (χ2v) is 5.76. The second kappa shape index (κ2) is 7.90. The van der Waals surface area contributed by atoms with Gasteiger partial charge in [-0.2, -0.15) is 0 Å². The average molecular weight is 268 g/mol. The maximum Gasteiger partial charge on any atom is 0.319 e. The summed E-state index contributed by atoms with van der Waals surface area (Å²) in [5.41, 5.74) is 0. The largest absolute Gasteiger partial charge is 0.462 e. The Kier molecular flexibility index (Phi) is 7.75. The van der Waals surface area contributed by atoms with Gasteiger partial charge in [-0.1, -0.05) is 6.92 Å². The molecule has 0 aliphatic carbocycles. The van der Waals surface area contributed by atoms with E-state index in [2.05, 4.69) is 0 Å². The van der Waals surface area contributed by atoms with Crippen LogP contribution in [-0.2, 0) is 9.53 Å². The van der Waals surface area contributed by atoms with Crippen LogP contribution in [0.4, 0.5) is 8.78 Å². The minimum atomic E-state index is -2.57. The highest BCUT2D eigenvalue weighted by atomic mass is 32.2. The molecule has 0 fully saturated rings. The molecular formula is C12H22F2O2S. The molecule has 0 aliphatic rings. The standard InChI is InChI=1S/C12H22F2O2S/c1-5-12(13,14)7-6-8-17-10(4)11(15)16-9(2)3/h9-10H,5-8H2,1-4H3. The van der Waals surface area contributed by atoms with Crippen molar-refractivity contribution in [3.8, 4) is 0 Å². The topological polar surface area (TPSA) is 26.3 Å². The van der Waals surface area contributed by atoms with Gasteiger partial charge in [0.25, 0.3) is 0 Å². The minimum Gasteiger partial charge on any atom is -0.462 e. The first-order chi connectivity index (χ1) is 7.78.